The lowest BCUT2D eigenvalue weighted by Gasteiger charge is -2.19. The summed E-state index contributed by atoms with van der Waals surface area (Å²) in [6.45, 7) is 5.37. The highest BCUT2D eigenvalue weighted by atomic mass is 32.1. The van der Waals surface area contributed by atoms with Crippen molar-refractivity contribution < 1.29 is 19.1 Å². The molecule has 2 heterocycles. The molecular weight excluding hydrogens is 380 g/mol. The number of nitrogens with zero attached hydrogens (tertiary/aromatic N) is 1. The largest absolute Gasteiger partial charge is 0.484 e. The van der Waals surface area contributed by atoms with Crippen LogP contribution in [0.5, 0.6) is 5.75 Å². The first-order chi connectivity index (χ1) is 13.4. The Morgan fingerprint density at radius 2 is 2.14 bits per heavy atom. The van der Waals surface area contributed by atoms with E-state index in [0.29, 0.717) is 22.6 Å². The van der Waals surface area contributed by atoms with Gasteiger partial charge in [-0.15, -0.1) is 11.3 Å². The van der Waals surface area contributed by atoms with E-state index in [4.69, 9.17) is 9.15 Å². The summed E-state index contributed by atoms with van der Waals surface area (Å²) in [5.41, 5.74) is 0.900. The van der Waals surface area contributed by atoms with Crippen LogP contribution in [0.3, 0.4) is 0 Å². The third-order valence-corrected chi connectivity index (χ3v) is 5.09. The van der Waals surface area contributed by atoms with Gasteiger partial charge in [-0.1, -0.05) is 13.8 Å². The molecule has 1 amide bonds. The Kier molecular flexibility index (Phi) is 6.11. The molecule has 3 rings (SSSR count). The SMILES string of the molecule is Cc1nc(-c2cc3ccc(OCC(=O)N[C@@H](CO)C(C)C)cc3oc2=O)cs1. The van der Waals surface area contributed by atoms with Gasteiger partial charge in [-0.25, -0.2) is 9.78 Å². The van der Waals surface area contributed by atoms with E-state index in [0.717, 1.165) is 10.4 Å². The first kappa shape index (κ1) is 20.0. The number of hydrogen-bond acceptors (Lipinski definition) is 7. The van der Waals surface area contributed by atoms with E-state index in [1.165, 1.54) is 11.3 Å². The Hall–Kier alpha value is -2.71. The number of aryl methyl sites for hydroxylation is 1. The van der Waals surface area contributed by atoms with E-state index >= 15 is 0 Å². The van der Waals surface area contributed by atoms with Crippen molar-refractivity contribution in [3.63, 3.8) is 0 Å². The van der Waals surface area contributed by atoms with Crippen LogP contribution in [0, 0.1) is 12.8 Å². The number of thiazole rings is 1. The predicted molar refractivity (Wildman–Crippen MR) is 108 cm³/mol. The molecule has 1 aromatic carbocycles. The van der Waals surface area contributed by atoms with Crippen LogP contribution in [-0.2, 0) is 4.79 Å². The van der Waals surface area contributed by atoms with E-state index in [1.807, 2.05) is 26.2 Å². The van der Waals surface area contributed by atoms with Crippen molar-refractivity contribution in [1.82, 2.24) is 10.3 Å². The van der Waals surface area contributed by atoms with Gasteiger partial charge in [-0.3, -0.25) is 4.79 Å². The number of rotatable bonds is 7. The van der Waals surface area contributed by atoms with E-state index in [-0.39, 0.29) is 31.1 Å². The minimum atomic E-state index is -0.476. The molecule has 0 aliphatic rings. The molecule has 0 aliphatic carbocycles. The molecule has 7 nitrogen and oxygen atoms in total. The van der Waals surface area contributed by atoms with Gasteiger partial charge in [0.15, 0.2) is 6.61 Å². The van der Waals surface area contributed by atoms with E-state index in [2.05, 4.69) is 10.3 Å². The number of fused-ring (bicyclic) bond motifs is 1. The fourth-order valence-electron chi connectivity index (χ4n) is 2.67. The topological polar surface area (TPSA) is 102 Å². The quantitative estimate of drug-likeness (QED) is 0.589. The van der Waals surface area contributed by atoms with Crippen LogP contribution in [0.15, 0.2) is 38.9 Å². The molecular formula is C20H22N2O5S. The van der Waals surface area contributed by atoms with Gasteiger partial charge in [0.05, 0.1) is 28.9 Å². The molecule has 0 aliphatic heterocycles. The summed E-state index contributed by atoms with van der Waals surface area (Å²) in [5, 5.41) is 15.4. The maximum atomic E-state index is 12.3. The highest BCUT2D eigenvalue weighted by molar-refractivity contribution is 7.09. The second-order valence-corrected chi connectivity index (χ2v) is 7.85. The maximum absolute atomic E-state index is 12.3. The molecule has 0 saturated heterocycles. The van der Waals surface area contributed by atoms with E-state index in [1.54, 1.807) is 24.3 Å². The monoisotopic (exact) mass is 402 g/mol. The summed E-state index contributed by atoms with van der Waals surface area (Å²) < 4.78 is 10.9. The van der Waals surface area contributed by atoms with E-state index in [9.17, 15) is 14.7 Å². The first-order valence-corrected chi connectivity index (χ1v) is 9.78. The maximum Gasteiger partial charge on any atom is 0.345 e. The van der Waals surface area contributed by atoms with Crippen LogP contribution in [0.1, 0.15) is 18.9 Å². The highest BCUT2D eigenvalue weighted by Crippen LogP contribution is 2.25. The zero-order valence-electron chi connectivity index (χ0n) is 15.9. The Balaban J connectivity index is 1.74. The van der Waals surface area contributed by atoms with Crippen LogP contribution in [0.2, 0.25) is 0 Å². The van der Waals surface area contributed by atoms with Crippen molar-refractivity contribution >= 4 is 28.2 Å². The van der Waals surface area contributed by atoms with Gasteiger partial charge in [-0.2, -0.15) is 0 Å². The predicted octanol–water partition coefficient (Wildman–Crippen LogP) is 2.74. The number of aromatic nitrogens is 1. The Morgan fingerprint density at radius 1 is 1.36 bits per heavy atom. The molecule has 0 spiro atoms. The van der Waals surface area contributed by atoms with Gasteiger partial charge < -0.3 is 19.6 Å². The number of carbonyl (C=O) groups excluding carboxylic acids is 1. The second kappa shape index (κ2) is 8.53. The summed E-state index contributed by atoms with van der Waals surface area (Å²) in [6.07, 6.45) is 0. The molecule has 0 bridgehead atoms. The fraction of sp³-hybridized carbons (Fsp3) is 0.350. The molecule has 0 radical (unpaired) electrons. The summed E-state index contributed by atoms with van der Waals surface area (Å²) in [4.78, 5) is 28.6. The van der Waals surface area contributed by atoms with E-state index < -0.39 is 5.63 Å². The van der Waals surface area contributed by atoms with Crippen LogP contribution in [0.4, 0.5) is 0 Å². The van der Waals surface area contributed by atoms with Crippen molar-refractivity contribution in [2.75, 3.05) is 13.2 Å². The highest BCUT2D eigenvalue weighted by Gasteiger charge is 2.16. The Morgan fingerprint density at radius 3 is 2.79 bits per heavy atom. The molecule has 1 atom stereocenters. The third-order valence-electron chi connectivity index (χ3n) is 4.32. The van der Waals surface area contributed by atoms with Crippen molar-refractivity contribution in [1.29, 1.82) is 0 Å². The molecule has 0 unspecified atom stereocenters. The molecule has 2 N–H and O–H groups in total. The number of nitrogens with one attached hydrogen (secondary N) is 1. The van der Waals surface area contributed by atoms with Crippen LogP contribution in [-0.4, -0.2) is 35.3 Å². The van der Waals surface area contributed by atoms with Crippen molar-refractivity contribution in [2.45, 2.75) is 26.8 Å². The summed E-state index contributed by atoms with van der Waals surface area (Å²) in [7, 11) is 0. The molecule has 0 fully saturated rings. The summed E-state index contributed by atoms with van der Waals surface area (Å²) in [5.74, 6) is 0.191. The van der Waals surface area contributed by atoms with Crippen LogP contribution in [0.25, 0.3) is 22.2 Å². The molecule has 3 aromatic rings. The number of aliphatic hydroxyl groups excluding tert-OH is 1. The molecule has 8 heteroatoms. The van der Waals surface area contributed by atoms with Gasteiger partial charge in [0, 0.05) is 16.8 Å². The minimum Gasteiger partial charge on any atom is -0.484 e. The zero-order valence-corrected chi connectivity index (χ0v) is 16.7. The van der Waals surface area contributed by atoms with Crippen molar-refractivity contribution in [2.24, 2.45) is 5.92 Å². The standard InChI is InChI=1S/C20H22N2O5S/c1-11(2)16(8-23)22-19(24)9-26-14-5-4-13-6-15(17-10-28-12(3)21-17)20(25)27-18(13)7-14/h4-7,10-11,16,23H,8-9H2,1-3H3,(H,22,24)/t16-/m0/s1. The lowest BCUT2D eigenvalue weighted by atomic mass is 10.1. The van der Waals surface area contributed by atoms with Gasteiger partial charge in [0.25, 0.3) is 5.91 Å². The number of hydrogen-bond donors (Lipinski definition) is 2. The fourth-order valence-corrected chi connectivity index (χ4v) is 3.28. The smallest absolute Gasteiger partial charge is 0.345 e. The van der Waals surface area contributed by atoms with Gasteiger partial charge in [0.2, 0.25) is 0 Å². The van der Waals surface area contributed by atoms with Crippen molar-refractivity contribution in [3.8, 4) is 17.0 Å². The van der Waals surface area contributed by atoms with Gasteiger partial charge in [-0.05, 0) is 31.0 Å². The molecule has 28 heavy (non-hydrogen) atoms. The van der Waals surface area contributed by atoms with Gasteiger partial charge in [0.1, 0.15) is 11.3 Å². The van der Waals surface area contributed by atoms with Crippen LogP contribution >= 0.6 is 11.3 Å². The molecule has 2 aromatic heterocycles. The summed E-state index contributed by atoms with van der Waals surface area (Å²) in [6, 6.07) is 6.46. The second-order valence-electron chi connectivity index (χ2n) is 6.79. The van der Waals surface area contributed by atoms with Crippen LogP contribution < -0.4 is 15.7 Å². The van der Waals surface area contributed by atoms with Gasteiger partial charge >= 0.3 is 5.63 Å². The average Bonchev–Trinajstić information content (AvgIpc) is 3.09. The number of aliphatic hydroxyl groups is 1. The minimum absolute atomic E-state index is 0.111. The number of carbonyl (C=O) groups is 1. The van der Waals surface area contributed by atoms with Crippen molar-refractivity contribution in [3.05, 3.63) is 45.1 Å². The zero-order chi connectivity index (χ0) is 20.3. The first-order valence-electron chi connectivity index (χ1n) is 8.91. The average molecular weight is 402 g/mol. The molecule has 148 valence electrons. The lowest BCUT2D eigenvalue weighted by Crippen LogP contribution is -2.43. The normalized spacial score (nSPS) is 12.3. The Bertz CT molecular complexity index is 1040. The summed E-state index contributed by atoms with van der Waals surface area (Å²) >= 11 is 1.47. The third kappa shape index (κ3) is 4.58. The molecule has 0 saturated carbocycles. The number of ether oxygens (including phenoxy) is 1. The number of amides is 1. The number of benzene rings is 1. The lowest BCUT2D eigenvalue weighted by molar-refractivity contribution is -0.124. The Labute approximate surface area is 166 Å².